The number of hydrogen-bond donors (Lipinski definition) is 2. The fourth-order valence-corrected chi connectivity index (χ4v) is 3.64. The van der Waals surface area contributed by atoms with Crippen molar-refractivity contribution in [3.8, 4) is 6.07 Å². The summed E-state index contributed by atoms with van der Waals surface area (Å²) in [6.07, 6.45) is -4.16. The summed E-state index contributed by atoms with van der Waals surface area (Å²) in [6, 6.07) is 13.2. The molecular formula is C20H17F3N2O2. The molecule has 2 aromatic rings. The third kappa shape index (κ3) is 3.96. The standard InChI is InChI=1S/C20H17F3N2O2/c21-20(22,23)14-7-5-12(6-8-14)17-11-25-18(19(26)27)9-16(17)15-4-2-1-3-13(15)10-24/h1-8,16-18,25H,9,11H2,(H,26,27). The second kappa shape index (κ2) is 7.41. The van der Waals surface area contributed by atoms with Crippen molar-refractivity contribution in [1.29, 1.82) is 5.26 Å². The molecule has 1 aliphatic rings. The predicted octanol–water partition coefficient (Wildman–Crippen LogP) is 3.89. The van der Waals surface area contributed by atoms with E-state index in [1.54, 1.807) is 24.3 Å². The monoisotopic (exact) mass is 374 g/mol. The molecule has 0 saturated carbocycles. The lowest BCUT2D eigenvalue weighted by atomic mass is 9.74. The minimum Gasteiger partial charge on any atom is -0.480 e. The Balaban J connectivity index is 1.99. The van der Waals surface area contributed by atoms with Crippen molar-refractivity contribution in [3.05, 3.63) is 70.8 Å². The minimum absolute atomic E-state index is 0.239. The van der Waals surface area contributed by atoms with E-state index < -0.39 is 23.8 Å². The van der Waals surface area contributed by atoms with E-state index in [0.29, 0.717) is 17.7 Å². The highest BCUT2D eigenvalue weighted by Gasteiger charge is 2.37. The zero-order valence-corrected chi connectivity index (χ0v) is 14.2. The molecule has 7 heteroatoms. The number of alkyl halides is 3. The Kier molecular flexibility index (Phi) is 5.19. The van der Waals surface area contributed by atoms with Gasteiger partial charge in [-0.15, -0.1) is 0 Å². The number of carboxylic acids is 1. The van der Waals surface area contributed by atoms with Crippen molar-refractivity contribution >= 4 is 5.97 Å². The van der Waals surface area contributed by atoms with Crippen LogP contribution in [0.1, 0.15) is 40.5 Å². The number of nitriles is 1. The van der Waals surface area contributed by atoms with Crippen LogP contribution in [0.5, 0.6) is 0 Å². The van der Waals surface area contributed by atoms with E-state index in [1.165, 1.54) is 12.1 Å². The Bertz CT molecular complexity index is 872. The summed E-state index contributed by atoms with van der Waals surface area (Å²) >= 11 is 0. The topological polar surface area (TPSA) is 73.1 Å². The number of piperidine rings is 1. The number of benzene rings is 2. The zero-order chi connectivity index (χ0) is 19.6. The van der Waals surface area contributed by atoms with Gasteiger partial charge < -0.3 is 10.4 Å². The molecule has 0 aromatic heterocycles. The third-order valence-corrected chi connectivity index (χ3v) is 5.00. The van der Waals surface area contributed by atoms with Crippen LogP contribution < -0.4 is 5.32 Å². The van der Waals surface area contributed by atoms with Gasteiger partial charge in [-0.1, -0.05) is 30.3 Å². The van der Waals surface area contributed by atoms with Gasteiger partial charge >= 0.3 is 12.1 Å². The lowest BCUT2D eigenvalue weighted by Gasteiger charge is -2.36. The molecule has 4 nitrogen and oxygen atoms in total. The molecule has 3 unspecified atom stereocenters. The first-order valence-corrected chi connectivity index (χ1v) is 8.43. The highest BCUT2D eigenvalue weighted by atomic mass is 19.4. The van der Waals surface area contributed by atoms with Crippen molar-refractivity contribution in [1.82, 2.24) is 5.32 Å². The van der Waals surface area contributed by atoms with E-state index >= 15 is 0 Å². The minimum atomic E-state index is -4.41. The van der Waals surface area contributed by atoms with Gasteiger partial charge in [-0.05, 0) is 41.7 Å². The van der Waals surface area contributed by atoms with Gasteiger partial charge in [-0.3, -0.25) is 4.79 Å². The van der Waals surface area contributed by atoms with Crippen LogP contribution in [0.25, 0.3) is 0 Å². The quantitative estimate of drug-likeness (QED) is 0.855. The number of hydrogen-bond acceptors (Lipinski definition) is 3. The Labute approximate surface area is 154 Å². The van der Waals surface area contributed by atoms with Gasteiger partial charge in [0.1, 0.15) is 6.04 Å². The number of aliphatic carboxylic acids is 1. The van der Waals surface area contributed by atoms with E-state index in [9.17, 15) is 28.3 Å². The highest BCUT2D eigenvalue weighted by Crippen LogP contribution is 2.41. The molecule has 3 atom stereocenters. The SMILES string of the molecule is N#Cc1ccccc1C1CC(C(=O)O)NCC1c1ccc(C(F)(F)F)cc1. The Hall–Kier alpha value is -2.85. The van der Waals surface area contributed by atoms with Crippen LogP contribution in [-0.4, -0.2) is 23.7 Å². The van der Waals surface area contributed by atoms with Crippen LogP contribution in [0, 0.1) is 11.3 Å². The van der Waals surface area contributed by atoms with Crippen LogP contribution in [0.15, 0.2) is 48.5 Å². The van der Waals surface area contributed by atoms with Gasteiger partial charge in [0.15, 0.2) is 0 Å². The van der Waals surface area contributed by atoms with Gasteiger partial charge in [-0.25, -0.2) is 0 Å². The van der Waals surface area contributed by atoms with Gasteiger partial charge in [0.05, 0.1) is 17.2 Å². The van der Waals surface area contributed by atoms with Crippen molar-refractivity contribution in [2.75, 3.05) is 6.54 Å². The number of halogens is 3. The Morgan fingerprint density at radius 2 is 1.78 bits per heavy atom. The average Bonchev–Trinajstić information content (AvgIpc) is 2.67. The maximum Gasteiger partial charge on any atom is 0.416 e. The summed E-state index contributed by atoms with van der Waals surface area (Å²) < 4.78 is 38.5. The van der Waals surface area contributed by atoms with E-state index in [0.717, 1.165) is 17.7 Å². The molecule has 140 valence electrons. The summed E-state index contributed by atoms with van der Waals surface area (Å²) in [5.74, 6) is -1.52. The maximum absolute atomic E-state index is 12.8. The molecule has 27 heavy (non-hydrogen) atoms. The molecule has 0 spiro atoms. The summed E-state index contributed by atoms with van der Waals surface area (Å²) in [5.41, 5.74) is 1.12. The zero-order valence-electron chi connectivity index (χ0n) is 14.2. The lowest BCUT2D eigenvalue weighted by molar-refractivity contribution is -0.140. The molecule has 1 fully saturated rings. The fraction of sp³-hybridized carbons (Fsp3) is 0.300. The lowest BCUT2D eigenvalue weighted by Crippen LogP contribution is -2.46. The van der Waals surface area contributed by atoms with Crippen molar-refractivity contribution in [2.24, 2.45) is 0 Å². The summed E-state index contributed by atoms with van der Waals surface area (Å²) in [4.78, 5) is 11.4. The summed E-state index contributed by atoms with van der Waals surface area (Å²) in [7, 11) is 0. The van der Waals surface area contributed by atoms with Crippen LogP contribution in [0.2, 0.25) is 0 Å². The highest BCUT2D eigenvalue weighted by molar-refractivity contribution is 5.74. The molecule has 0 amide bonds. The summed E-state index contributed by atoms with van der Waals surface area (Å²) in [5, 5.41) is 21.7. The molecule has 3 rings (SSSR count). The van der Waals surface area contributed by atoms with E-state index in [1.807, 2.05) is 0 Å². The second-order valence-corrected chi connectivity index (χ2v) is 6.57. The van der Waals surface area contributed by atoms with Crippen molar-refractivity contribution in [3.63, 3.8) is 0 Å². The third-order valence-electron chi connectivity index (χ3n) is 5.00. The van der Waals surface area contributed by atoms with Crippen LogP contribution >= 0.6 is 0 Å². The van der Waals surface area contributed by atoms with Crippen molar-refractivity contribution in [2.45, 2.75) is 30.5 Å². The number of nitrogens with one attached hydrogen (secondary N) is 1. The molecular weight excluding hydrogens is 357 g/mol. The average molecular weight is 374 g/mol. The number of carbonyl (C=O) groups is 1. The molecule has 1 heterocycles. The molecule has 0 bridgehead atoms. The van der Waals surface area contributed by atoms with Gasteiger partial charge in [-0.2, -0.15) is 18.4 Å². The number of nitrogens with zero attached hydrogens (tertiary/aromatic N) is 1. The first-order chi connectivity index (χ1) is 12.8. The summed E-state index contributed by atoms with van der Waals surface area (Å²) in [6.45, 7) is 0.298. The molecule has 2 N–H and O–H groups in total. The molecule has 2 aromatic carbocycles. The first-order valence-electron chi connectivity index (χ1n) is 8.43. The van der Waals surface area contributed by atoms with Crippen LogP contribution in [-0.2, 0) is 11.0 Å². The van der Waals surface area contributed by atoms with Gasteiger partial charge in [0.2, 0.25) is 0 Å². The van der Waals surface area contributed by atoms with E-state index in [-0.39, 0.29) is 18.3 Å². The number of rotatable bonds is 3. The van der Waals surface area contributed by atoms with Gasteiger partial charge in [0.25, 0.3) is 0 Å². The Morgan fingerprint density at radius 1 is 1.11 bits per heavy atom. The van der Waals surface area contributed by atoms with Crippen LogP contribution in [0.3, 0.4) is 0 Å². The number of carboxylic acid groups (broad SMARTS) is 1. The molecule has 0 radical (unpaired) electrons. The van der Waals surface area contributed by atoms with Gasteiger partial charge in [0, 0.05) is 12.5 Å². The first kappa shape index (κ1) is 18.9. The Morgan fingerprint density at radius 3 is 2.37 bits per heavy atom. The second-order valence-electron chi connectivity index (χ2n) is 6.57. The van der Waals surface area contributed by atoms with E-state index in [2.05, 4.69) is 11.4 Å². The molecule has 0 aliphatic carbocycles. The predicted molar refractivity (Wildman–Crippen MR) is 92.1 cm³/mol. The molecule has 1 aliphatic heterocycles. The van der Waals surface area contributed by atoms with Crippen LogP contribution in [0.4, 0.5) is 13.2 Å². The normalized spacial score (nSPS) is 22.8. The fourth-order valence-electron chi connectivity index (χ4n) is 3.64. The van der Waals surface area contributed by atoms with Crippen molar-refractivity contribution < 1.29 is 23.1 Å². The molecule has 1 saturated heterocycles. The largest absolute Gasteiger partial charge is 0.480 e. The maximum atomic E-state index is 12.8. The smallest absolute Gasteiger partial charge is 0.416 e. The van der Waals surface area contributed by atoms with E-state index in [4.69, 9.17) is 0 Å².